The molecule has 8 heteroatoms. The summed E-state index contributed by atoms with van der Waals surface area (Å²) < 4.78 is 1.39. The Bertz CT molecular complexity index is 916. The molecular weight excluding hydrogens is 332 g/mol. The number of rotatable bonds is 5. The molecule has 3 aromatic rings. The van der Waals surface area contributed by atoms with Crippen LogP contribution in [0.5, 0.6) is 0 Å². The summed E-state index contributed by atoms with van der Waals surface area (Å²) >= 11 is 0. The Labute approximate surface area is 150 Å². The largest absolute Gasteiger partial charge is 0.343 e. The molecule has 8 nitrogen and oxygen atoms in total. The minimum absolute atomic E-state index is 0.142. The summed E-state index contributed by atoms with van der Waals surface area (Å²) in [5, 5.41) is 16.4. The third-order valence-electron chi connectivity index (χ3n) is 3.90. The zero-order chi connectivity index (χ0) is 18.5. The number of carbonyl (C=O) groups is 2. The molecule has 2 amide bonds. The van der Waals surface area contributed by atoms with Gasteiger partial charge in [0.1, 0.15) is 6.33 Å². The fraction of sp³-hybridized carbons (Fsp3) is 0.167. The summed E-state index contributed by atoms with van der Waals surface area (Å²) in [5.41, 5.74) is 3.60. The molecule has 0 aliphatic rings. The Morgan fingerprint density at radius 2 is 1.77 bits per heavy atom. The van der Waals surface area contributed by atoms with E-state index in [1.807, 2.05) is 32.0 Å². The monoisotopic (exact) mass is 350 g/mol. The van der Waals surface area contributed by atoms with E-state index in [-0.39, 0.29) is 18.4 Å². The Kier molecular flexibility index (Phi) is 5.02. The van der Waals surface area contributed by atoms with Gasteiger partial charge in [0, 0.05) is 5.69 Å². The average molecular weight is 350 g/mol. The molecule has 0 aliphatic heterocycles. The number of tetrazole rings is 1. The van der Waals surface area contributed by atoms with E-state index in [4.69, 9.17) is 0 Å². The number of nitrogens with one attached hydrogen (secondary N) is 2. The van der Waals surface area contributed by atoms with Crippen LogP contribution in [0.25, 0.3) is 5.69 Å². The van der Waals surface area contributed by atoms with Gasteiger partial charge in [-0.1, -0.05) is 30.3 Å². The zero-order valence-electron chi connectivity index (χ0n) is 14.4. The lowest BCUT2D eigenvalue weighted by Gasteiger charge is -2.12. The topological polar surface area (TPSA) is 102 Å². The Morgan fingerprint density at radius 3 is 2.46 bits per heavy atom. The van der Waals surface area contributed by atoms with Gasteiger partial charge in [0.2, 0.25) is 5.91 Å². The van der Waals surface area contributed by atoms with Crippen LogP contribution < -0.4 is 10.6 Å². The highest BCUT2D eigenvalue weighted by atomic mass is 16.2. The third kappa shape index (κ3) is 3.75. The molecule has 132 valence electrons. The molecule has 0 fully saturated rings. The fourth-order valence-electron chi connectivity index (χ4n) is 2.59. The first-order valence-electron chi connectivity index (χ1n) is 8.03. The SMILES string of the molecule is Cc1cccc(C)c1NC(=O)CNC(=O)c1ccccc1-n1cnnn1. The smallest absolute Gasteiger partial charge is 0.253 e. The van der Waals surface area contributed by atoms with E-state index < -0.39 is 0 Å². The number of hydrogen-bond acceptors (Lipinski definition) is 5. The van der Waals surface area contributed by atoms with Gasteiger partial charge in [0.25, 0.3) is 5.91 Å². The van der Waals surface area contributed by atoms with E-state index in [9.17, 15) is 9.59 Å². The second-order valence-corrected chi connectivity index (χ2v) is 5.77. The first-order valence-corrected chi connectivity index (χ1v) is 8.03. The quantitative estimate of drug-likeness (QED) is 0.728. The number of nitrogens with zero attached hydrogens (tertiary/aromatic N) is 4. The summed E-state index contributed by atoms with van der Waals surface area (Å²) in [5.74, 6) is -0.677. The van der Waals surface area contributed by atoms with Gasteiger partial charge in [0.05, 0.1) is 17.8 Å². The van der Waals surface area contributed by atoms with Crippen LogP contribution in [0.2, 0.25) is 0 Å². The second-order valence-electron chi connectivity index (χ2n) is 5.77. The van der Waals surface area contributed by atoms with Crippen LogP contribution in [0.3, 0.4) is 0 Å². The summed E-state index contributed by atoms with van der Waals surface area (Å²) in [6, 6.07) is 12.7. The molecular formula is C18H18N6O2. The van der Waals surface area contributed by atoms with E-state index in [0.29, 0.717) is 11.3 Å². The second kappa shape index (κ2) is 7.56. The molecule has 0 saturated heterocycles. The number of para-hydroxylation sites is 2. The standard InChI is InChI=1S/C18H18N6O2/c1-12-6-5-7-13(2)17(12)21-16(25)10-19-18(26)14-8-3-4-9-15(14)24-11-20-22-23-24/h3-9,11H,10H2,1-2H3,(H,19,26)(H,21,25). The van der Waals surface area contributed by atoms with Crippen molar-refractivity contribution in [3.8, 4) is 5.69 Å². The predicted octanol–water partition coefficient (Wildman–Crippen LogP) is 1.65. The molecule has 0 saturated carbocycles. The number of aryl methyl sites for hydroxylation is 2. The molecule has 1 heterocycles. The minimum atomic E-state index is -0.382. The van der Waals surface area contributed by atoms with Gasteiger partial charge in [-0.2, -0.15) is 4.68 Å². The lowest BCUT2D eigenvalue weighted by Crippen LogP contribution is -2.33. The minimum Gasteiger partial charge on any atom is -0.343 e. The van der Waals surface area contributed by atoms with Gasteiger partial charge in [-0.15, -0.1) is 5.10 Å². The first kappa shape index (κ1) is 17.3. The van der Waals surface area contributed by atoms with E-state index in [1.54, 1.807) is 24.3 Å². The molecule has 26 heavy (non-hydrogen) atoms. The average Bonchev–Trinajstić information content (AvgIpc) is 3.17. The fourth-order valence-corrected chi connectivity index (χ4v) is 2.59. The molecule has 1 aromatic heterocycles. The highest BCUT2D eigenvalue weighted by molar-refractivity contribution is 6.01. The van der Waals surface area contributed by atoms with Crippen molar-refractivity contribution in [3.63, 3.8) is 0 Å². The van der Waals surface area contributed by atoms with E-state index in [1.165, 1.54) is 11.0 Å². The van der Waals surface area contributed by atoms with Crippen LogP contribution in [0.15, 0.2) is 48.8 Å². The van der Waals surface area contributed by atoms with Crippen LogP contribution in [-0.4, -0.2) is 38.6 Å². The summed E-state index contributed by atoms with van der Waals surface area (Å²) in [6.45, 7) is 3.70. The lowest BCUT2D eigenvalue weighted by atomic mass is 10.1. The molecule has 0 aliphatic carbocycles. The number of anilines is 1. The maximum absolute atomic E-state index is 12.5. The Balaban J connectivity index is 1.67. The molecule has 2 aromatic carbocycles. The number of benzene rings is 2. The van der Waals surface area contributed by atoms with E-state index in [0.717, 1.165) is 16.8 Å². The van der Waals surface area contributed by atoms with Gasteiger partial charge in [-0.25, -0.2) is 0 Å². The highest BCUT2D eigenvalue weighted by Gasteiger charge is 2.15. The number of aromatic nitrogens is 4. The van der Waals surface area contributed by atoms with Gasteiger partial charge in [0.15, 0.2) is 0 Å². The van der Waals surface area contributed by atoms with Crippen molar-refractivity contribution in [2.75, 3.05) is 11.9 Å². The van der Waals surface area contributed by atoms with Crippen molar-refractivity contribution in [3.05, 3.63) is 65.5 Å². The molecule has 0 radical (unpaired) electrons. The van der Waals surface area contributed by atoms with Crippen LogP contribution in [0.1, 0.15) is 21.5 Å². The highest BCUT2D eigenvalue weighted by Crippen LogP contribution is 2.19. The van der Waals surface area contributed by atoms with Crippen molar-refractivity contribution in [1.82, 2.24) is 25.5 Å². The first-order chi connectivity index (χ1) is 12.6. The maximum atomic E-state index is 12.5. The van der Waals surface area contributed by atoms with Gasteiger partial charge in [-0.3, -0.25) is 9.59 Å². The van der Waals surface area contributed by atoms with E-state index in [2.05, 4.69) is 26.2 Å². The van der Waals surface area contributed by atoms with Crippen LogP contribution in [-0.2, 0) is 4.79 Å². The molecule has 0 spiro atoms. The van der Waals surface area contributed by atoms with Crippen molar-refractivity contribution in [1.29, 1.82) is 0 Å². The number of hydrogen-bond donors (Lipinski definition) is 2. The normalized spacial score (nSPS) is 10.4. The van der Waals surface area contributed by atoms with Crippen molar-refractivity contribution in [2.24, 2.45) is 0 Å². The third-order valence-corrected chi connectivity index (χ3v) is 3.90. The van der Waals surface area contributed by atoms with E-state index >= 15 is 0 Å². The zero-order valence-corrected chi connectivity index (χ0v) is 14.4. The van der Waals surface area contributed by atoms with Crippen LogP contribution >= 0.6 is 0 Å². The van der Waals surface area contributed by atoms with Gasteiger partial charge >= 0.3 is 0 Å². The van der Waals surface area contributed by atoms with Crippen LogP contribution in [0, 0.1) is 13.8 Å². The predicted molar refractivity (Wildman–Crippen MR) is 96.0 cm³/mol. The summed E-state index contributed by atoms with van der Waals surface area (Å²) in [7, 11) is 0. The van der Waals surface area contributed by atoms with Crippen molar-refractivity contribution < 1.29 is 9.59 Å². The van der Waals surface area contributed by atoms with Crippen molar-refractivity contribution in [2.45, 2.75) is 13.8 Å². The lowest BCUT2D eigenvalue weighted by molar-refractivity contribution is -0.115. The molecule has 0 unspecified atom stereocenters. The molecule has 2 N–H and O–H groups in total. The summed E-state index contributed by atoms with van der Waals surface area (Å²) in [6.07, 6.45) is 1.40. The molecule has 0 bridgehead atoms. The van der Waals surface area contributed by atoms with Gasteiger partial charge in [-0.05, 0) is 47.5 Å². The Hall–Kier alpha value is -3.55. The summed E-state index contributed by atoms with van der Waals surface area (Å²) in [4.78, 5) is 24.7. The number of carbonyl (C=O) groups excluding carboxylic acids is 2. The number of amides is 2. The Morgan fingerprint density at radius 1 is 1.04 bits per heavy atom. The molecule has 3 rings (SSSR count). The van der Waals surface area contributed by atoms with Crippen molar-refractivity contribution >= 4 is 17.5 Å². The van der Waals surface area contributed by atoms with Crippen LogP contribution in [0.4, 0.5) is 5.69 Å². The molecule has 0 atom stereocenters. The maximum Gasteiger partial charge on any atom is 0.253 e. The van der Waals surface area contributed by atoms with Gasteiger partial charge < -0.3 is 10.6 Å².